The lowest BCUT2D eigenvalue weighted by Gasteiger charge is -2.31. The topological polar surface area (TPSA) is 113 Å². The predicted octanol–water partition coefficient (Wildman–Crippen LogP) is 3.13. The molecule has 196 valence electrons. The SMILES string of the molecule is CCOC(=O)C1CCc2nnc([C@H]3CCC[C@@H](Nc4ncc(C(F)(F)F)c(OC5COC5)n4)C3)n2C1. The summed E-state index contributed by atoms with van der Waals surface area (Å²) in [6.45, 7) is 3.10. The van der Waals surface area contributed by atoms with Gasteiger partial charge < -0.3 is 24.1 Å². The van der Waals surface area contributed by atoms with Gasteiger partial charge in [-0.2, -0.15) is 18.2 Å². The van der Waals surface area contributed by atoms with Gasteiger partial charge in [0, 0.05) is 31.1 Å². The van der Waals surface area contributed by atoms with Crippen LogP contribution in [0.4, 0.5) is 19.1 Å². The summed E-state index contributed by atoms with van der Waals surface area (Å²) < 4.78 is 57.9. The highest BCUT2D eigenvalue weighted by molar-refractivity contribution is 5.72. The number of carbonyl (C=O) groups excluding carboxylic acids is 1. The Morgan fingerprint density at radius 2 is 2.08 bits per heavy atom. The first kappa shape index (κ1) is 24.7. The van der Waals surface area contributed by atoms with E-state index in [0.29, 0.717) is 32.4 Å². The molecule has 3 atom stereocenters. The molecule has 0 spiro atoms. The van der Waals surface area contributed by atoms with E-state index in [9.17, 15) is 18.0 Å². The molecule has 1 unspecified atom stereocenters. The molecule has 4 heterocycles. The molecule has 0 aromatic carbocycles. The Balaban J connectivity index is 1.29. The van der Waals surface area contributed by atoms with Crippen molar-refractivity contribution in [1.82, 2.24) is 24.7 Å². The number of hydrogen-bond donors (Lipinski definition) is 1. The molecule has 0 amide bonds. The lowest BCUT2D eigenvalue weighted by Crippen LogP contribution is -2.39. The molecule has 5 rings (SSSR count). The van der Waals surface area contributed by atoms with Crippen LogP contribution in [0.15, 0.2) is 6.20 Å². The maximum absolute atomic E-state index is 13.4. The predicted molar refractivity (Wildman–Crippen MR) is 119 cm³/mol. The Bertz CT molecular complexity index is 1090. The van der Waals surface area contributed by atoms with Crippen LogP contribution in [0.2, 0.25) is 0 Å². The number of esters is 1. The standard InChI is InChI=1S/C23H29F3N6O4/c1-2-35-21(33)14-6-7-18-30-31-19(32(18)10-14)13-4-3-5-15(8-13)28-22-27-9-17(23(24,25)26)20(29-22)36-16-11-34-12-16/h9,13-16H,2-8,10-12H2,1H3,(H,27,28,29)/t13-,14?,15+/m0/s1. The minimum absolute atomic E-state index is 0.0576. The Kier molecular flexibility index (Phi) is 7.00. The number of nitrogens with zero attached hydrogens (tertiary/aromatic N) is 5. The number of ether oxygens (including phenoxy) is 3. The van der Waals surface area contributed by atoms with Gasteiger partial charge in [-0.05, 0) is 32.6 Å². The molecule has 1 saturated heterocycles. The van der Waals surface area contributed by atoms with Crippen molar-refractivity contribution in [2.24, 2.45) is 5.92 Å². The summed E-state index contributed by atoms with van der Waals surface area (Å²) in [4.78, 5) is 20.3. The van der Waals surface area contributed by atoms with E-state index in [2.05, 4.69) is 25.5 Å². The fourth-order valence-electron chi connectivity index (χ4n) is 5.00. The minimum Gasteiger partial charge on any atom is -0.469 e. The van der Waals surface area contributed by atoms with Crippen molar-refractivity contribution in [3.63, 3.8) is 0 Å². The van der Waals surface area contributed by atoms with E-state index in [1.54, 1.807) is 6.92 Å². The fraction of sp³-hybridized carbons (Fsp3) is 0.696. The van der Waals surface area contributed by atoms with E-state index in [1.165, 1.54) is 0 Å². The number of aryl methyl sites for hydroxylation is 1. The normalized spacial score (nSPS) is 24.5. The number of carbonyl (C=O) groups is 1. The third-order valence-corrected chi connectivity index (χ3v) is 6.91. The molecule has 13 heteroatoms. The van der Waals surface area contributed by atoms with Crippen molar-refractivity contribution in [2.45, 2.75) is 76.2 Å². The smallest absolute Gasteiger partial charge is 0.423 e. The van der Waals surface area contributed by atoms with Crippen molar-refractivity contribution in [1.29, 1.82) is 0 Å². The molecule has 1 aliphatic carbocycles. The summed E-state index contributed by atoms with van der Waals surface area (Å²) in [5.41, 5.74) is -1.01. The summed E-state index contributed by atoms with van der Waals surface area (Å²) in [5, 5.41) is 12.0. The van der Waals surface area contributed by atoms with Gasteiger partial charge in [0.2, 0.25) is 11.8 Å². The number of alkyl halides is 3. The van der Waals surface area contributed by atoms with Gasteiger partial charge in [-0.15, -0.1) is 10.2 Å². The van der Waals surface area contributed by atoms with Gasteiger partial charge >= 0.3 is 12.1 Å². The number of nitrogens with one attached hydrogen (secondary N) is 1. The van der Waals surface area contributed by atoms with E-state index >= 15 is 0 Å². The molecule has 10 nitrogen and oxygen atoms in total. The first-order valence-corrected chi connectivity index (χ1v) is 12.4. The highest BCUT2D eigenvalue weighted by atomic mass is 19.4. The summed E-state index contributed by atoms with van der Waals surface area (Å²) in [5.74, 6) is 0.991. The maximum atomic E-state index is 13.4. The lowest BCUT2D eigenvalue weighted by molar-refractivity contribution is -0.149. The molecule has 2 aromatic rings. The Labute approximate surface area is 205 Å². The highest BCUT2D eigenvalue weighted by Crippen LogP contribution is 2.38. The third kappa shape index (κ3) is 5.25. The van der Waals surface area contributed by atoms with Crippen LogP contribution in [0.25, 0.3) is 0 Å². The van der Waals surface area contributed by atoms with Gasteiger partial charge in [0.25, 0.3) is 0 Å². The van der Waals surface area contributed by atoms with Crippen molar-refractivity contribution in [2.75, 3.05) is 25.1 Å². The molecule has 2 fully saturated rings. The Morgan fingerprint density at radius 3 is 2.81 bits per heavy atom. The average Bonchev–Trinajstić information content (AvgIpc) is 3.24. The second kappa shape index (κ2) is 10.2. The number of hydrogen-bond acceptors (Lipinski definition) is 9. The van der Waals surface area contributed by atoms with Gasteiger partial charge in [0.1, 0.15) is 23.3 Å². The van der Waals surface area contributed by atoms with Crippen molar-refractivity contribution in [3.05, 3.63) is 23.4 Å². The molecule has 2 aliphatic heterocycles. The van der Waals surface area contributed by atoms with E-state index in [0.717, 1.165) is 37.1 Å². The Hall–Kier alpha value is -2.96. The molecule has 1 saturated carbocycles. The van der Waals surface area contributed by atoms with Crippen molar-refractivity contribution >= 4 is 11.9 Å². The second-order valence-corrected chi connectivity index (χ2v) is 9.46. The van der Waals surface area contributed by atoms with Gasteiger partial charge in [0.05, 0.1) is 25.7 Å². The second-order valence-electron chi connectivity index (χ2n) is 9.46. The average molecular weight is 511 g/mol. The third-order valence-electron chi connectivity index (χ3n) is 6.91. The van der Waals surface area contributed by atoms with Gasteiger partial charge in [-0.1, -0.05) is 6.42 Å². The molecular formula is C23H29F3N6O4. The maximum Gasteiger partial charge on any atom is 0.423 e. The van der Waals surface area contributed by atoms with Crippen molar-refractivity contribution in [3.8, 4) is 5.88 Å². The molecule has 0 radical (unpaired) electrons. The molecule has 36 heavy (non-hydrogen) atoms. The van der Waals surface area contributed by atoms with Crippen LogP contribution in [0.1, 0.15) is 62.2 Å². The summed E-state index contributed by atoms with van der Waals surface area (Å²) in [6, 6.07) is -0.0576. The zero-order valence-electron chi connectivity index (χ0n) is 20.0. The monoisotopic (exact) mass is 510 g/mol. The summed E-state index contributed by atoms with van der Waals surface area (Å²) in [6.07, 6.45) is 0.356. The fourth-order valence-corrected chi connectivity index (χ4v) is 5.00. The number of anilines is 1. The highest BCUT2D eigenvalue weighted by Gasteiger charge is 2.38. The molecule has 1 N–H and O–H groups in total. The summed E-state index contributed by atoms with van der Waals surface area (Å²) >= 11 is 0. The van der Waals surface area contributed by atoms with Crippen LogP contribution >= 0.6 is 0 Å². The van der Waals surface area contributed by atoms with Gasteiger partial charge in [-0.25, -0.2) is 4.98 Å². The van der Waals surface area contributed by atoms with Crippen molar-refractivity contribution < 1.29 is 32.2 Å². The van der Waals surface area contributed by atoms with Crippen LogP contribution < -0.4 is 10.1 Å². The molecule has 0 bridgehead atoms. The molecular weight excluding hydrogens is 481 g/mol. The van der Waals surface area contributed by atoms with E-state index in [1.807, 2.05) is 4.57 Å². The van der Waals surface area contributed by atoms with Crippen LogP contribution in [0.5, 0.6) is 5.88 Å². The minimum atomic E-state index is -4.62. The number of fused-ring (bicyclic) bond motifs is 1. The number of halogens is 3. The van der Waals surface area contributed by atoms with E-state index in [-0.39, 0.29) is 43.0 Å². The first-order valence-electron chi connectivity index (χ1n) is 12.4. The lowest BCUT2D eigenvalue weighted by atomic mass is 9.85. The molecule has 3 aliphatic rings. The van der Waals surface area contributed by atoms with Crippen LogP contribution in [0, 0.1) is 5.92 Å². The largest absolute Gasteiger partial charge is 0.469 e. The van der Waals surface area contributed by atoms with Gasteiger partial charge in [-0.3, -0.25) is 4.79 Å². The number of aromatic nitrogens is 5. The zero-order valence-corrected chi connectivity index (χ0v) is 20.0. The quantitative estimate of drug-likeness (QED) is 0.561. The van der Waals surface area contributed by atoms with E-state index < -0.39 is 23.7 Å². The van der Waals surface area contributed by atoms with Crippen LogP contribution in [-0.2, 0) is 33.4 Å². The Morgan fingerprint density at radius 1 is 1.25 bits per heavy atom. The van der Waals surface area contributed by atoms with Gasteiger partial charge in [0.15, 0.2) is 0 Å². The van der Waals surface area contributed by atoms with Crippen LogP contribution in [-0.4, -0.2) is 62.7 Å². The number of rotatable bonds is 7. The van der Waals surface area contributed by atoms with Crippen LogP contribution in [0.3, 0.4) is 0 Å². The molecule has 2 aromatic heterocycles. The summed E-state index contributed by atoms with van der Waals surface area (Å²) in [7, 11) is 0. The van der Waals surface area contributed by atoms with E-state index in [4.69, 9.17) is 14.2 Å². The first-order chi connectivity index (χ1) is 17.3. The zero-order chi connectivity index (χ0) is 25.3.